The van der Waals surface area contributed by atoms with E-state index in [1.165, 1.54) is 10.4 Å². The Morgan fingerprint density at radius 2 is 1.76 bits per heavy atom. The van der Waals surface area contributed by atoms with Crippen LogP contribution in [0.15, 0.2) is 54.6 Å². The summed E-state index contributed by atoms with van der Waals surface area (Å²) in [5.41, 5.74) is 10.3. The van der Waals surface area contributed by atoms with Gasteiger partial charge in [-0.05, 0) is 18.1 Å². The highest BCUT2D eigenvalue weighted by atomic mass is 32.1. The summed E-state index contributed by atoms with van der Waals surface area (Å²) in [7, 11) is 0. The van der Waals surface area contributed by atoms with Gasteiger partial charge in [0.05, 0.1) is 5.69 Å². The number of nitrogens with zero attached hydrogens (tertiary/aromatic N) is 1. The summed E-state index contributed by atoms with van der Waals surface area (Å²) in [6.45, 7) is 2.74. The molecule has 0 saturated heterocycles. The zero-order valence-electron chi connectivity index (χ0n) is 12.0. The Bertz CT molecular complexity index is 732. The van der Waals surface area contributed by atoms with Crippen molar-refractivity contribution in [2.75, 3.05) is 0 Å². The van der Waals surface area contributed by atoms with Crippen molar-refractivity contribution in [3.05, 3.63) is 65.0 Å². The molecule has 2 aromatic carbocycles. The third kappa shape index (κ3) is 2.89. The lowest BCUT2D eigenvalue weighted by molar-refractivity contribution is 1.07. The molecule has 3 rings (SSSR count). The molecule has 3 aromatic rings. The van der Waals surface area contributed by atoms with Gasteiger partial charge >= 0.3 is 0 Å². The number of hydrogen-bond donors (Lipinski definition) is 1. The molecule has 0 aliphatic heterocycles. The van der Waals surface area contributed by atoms with E-state index in [-0.39, 0.29) is 0 Å². The standard InChI is InChI=1S/C18H18N2S/c1-2-16-17(14-8-4-3-5-9-14)20-18(21-16)15-10-6-7-13(11-15)12-19/h3-11H,2,12,19H2,1H3. The highest BCUT2D eigenvalue weighted by molar-refractivity contribution is 7.15. The van der Waals surface area contributed by atoms with Gasteiger partial charge in [0.15, 0.2) is 0 Å². The van der Waals surface area contributed by atoms with Crippen LogP contribution in [0.1, 0.15) is 17.4 Å². The fourth-order valence-corrected chi connectivity index (χ4v) is 3.39. The number of aromatic nitrogens is 1. The fourth-order valence-electron chi connectivity index (χ4n) is 2.37. The number of benzene rings is 2. The highest BCUT2D eigenvalue weighted by Crippen LogP contribution is 2.34. The number of nitrogens with two attached hydrogens (primary N) is 1. The topological polar surface area (TPSA) is 38.9 Å². The fraction of sp³-hybridized carbons (Fsp3) is 0.167. The maximum absolute atomic E-state index is 5.73. The second kappa shape index (κ2) is 6.20. The summed E-state index contributed by atoms with van der Waals surface area (Å²) in [6, 6.07) is 18.7. The molecular weight excluding hydrogens is 276 g/mol. The monoisotopic (exact) mass is 294 g/mol. The van der Waals surface area contributed by atoms with Crippen LogP contribution in [0.3, 0.4) is 0 Å². The zero-order valence-corrected chi connectivity index (χ0v) is 12.9. The van der Waals surface area contributed by atoms with Gasteiger partial charge in [-0.15, -0.1) is 11.3 Å². The van der Waals surface area contributed by atoms with Crippen LogP contribution in [-0.2, 0) is 13.0 Å². The lowest BCUT2D eigenvalue weighted by atomic mass is 10.1. The molecule has 0 atom stereocenters. The summed E-state index contributed by atoms with van der Waals surface area (Å²) < 4.78 is 0. The maximum atomic E-state index is 5.73. The van der Waals surface area contributed by atoms with E-state index >= 15 is 0 Å². The van der Waals surface area contributed by atoms with Gasteiger partial charge in [0.25, 0.3) is 0 Å². The molecule has 1 aromatic heterocycles. The van der Waals surface area contributed by atoms with Crippen LogP contribution in [0.2, 0.25) is 0 Å². The Labute approximate surface area is 129 Å². The first-order valence-electron chi connectivity index (χ1n) is 7.16. The Balaban J connectivity index is 2.07. The Hall–Kier alpha value is -1.97. The lowest BCUT2D eigenvalue weighted by Crippen LogP contribution is -1.95. The molecule has 21 heavy (non-hydrogen) atoms. The van der Waals surface area contributed by atoms with Crippen LogP contribution >= 0.6 is 11.3 Å². The van der Waals surface area contributed by atoms with Crippen molar-refractivity contribution in [2.24, 2.45) is 5.73 Å². The van der Waals surface area contributed by atoms with Gasteiger partial charge in [0, 0.05) is 22.5 Å². The number of thiazole rings is 1. The first-order valence-corrected chi connectivity index (χ1v) is 7.98. The molecule has 0 unspecified atom stereocenters. The van der Waals surface area contributed by atoms with Gasteiger partial charge in [-0.2, -0.15) is 0 Å². The van der Waals surface area contributed by atoms with Gasteiger partial charge in [-0.3, -0.25) is 0 Å². The van der Waals surface area contributed by atoms with Gasteiger partial charge in [-0.1, -0.05) is 55.5 Å². The molecule has 0 aliphatic carbocycles. The normalized spacial score (nSPS) is 10.8. The summed E-state index contributed by atoms with van der Waals surface area (Å²) >= 11 is 1.77. The quantitative estimate of drug-likeness (QED) is 0.769. The summed E-state index contributed by atoms with van der Waals surface area (Å²) in [5.74, 6) is 0. The van der Waals surface area contributed by atoms with Gasteiger partial charge in [0.2, 0.25) is 0 Å². The smallest absolute Gasteiger partial charge is 0.124 e. The highest BCUT2D eigenvalue weighted by Gasteiger charge is 2.13. The van der Waals surface area contributed by atoms with Crippen LogP contribution in [0.5, 0.6) is 0 Å². The third-order valence-corrected chi connectivity index (χ3v) is 4.72. The number of hydrogen-bond acceptors (Lipinski definition) is 3. The van der Waals surface area contributed by atoms with E-state index in [9.17, 15) is 0 Å². The molecule has 2 N–H and O–H groups in total. The molecule has 106 valence electrons. The van der Waals surface area contributed by atoms with Crippen LogP contribution in [-0.4, -0.2) is 4.98 Å². The largest absolute Gasteiger partial charge is 0.326 e. The van der Waals surface area contributed by atoms with Crippen molar-refractivity contribution < 1.29 is 0 Å². The van der Waals surface area contributed by atoms with Gasteiger partial charge < -0.3 is 5.73 Å². The molecule has 2 nitrogen and oxygen atoms in total. The Morgan fingerprint density at radius 1 is 1.00 bits per heavy atom. The molecule has 0 radical (unpaired) electrons. The second-order valence-electron chi connectivity index (χ2n) is 4.91. The second-order valence-corrected chi connectivity index (χ2v) is 6.00. The van der Waals surface area contributed by atoms with Crippen LogP contribution < -0.4 is 5.73 Å². The number of rotatable bonds is 4. The minimum Gasteiger partial charge on any atom is -0.326 e. The average Bonchev–Trinajstić information content (AvgIpc) is 3.00. The minimum absolute atomic E-state index is 0.561. The Kier molecular flexibility index (Phi) is 4.13. The van der Waals surface area contributed by atoms with Crippen molar-refractivity contribution in [3.63, 3.8) is 0 Å². The van der Waals surface area contributed by atoms with E-state index in [1.807, 2.05) is 12.1 Å². The summed E-state index contributed by atoms with van der Waals surface area (Å²) in [6.07, 6.45) is 0.998. The van der Waals surface area contributed by atoms with E-state index in [1.54, 1.807) is 11.3 Å². The summed E-state index contributed by atoms with van der Waals surface area (Å²) in [5, 5.41) is 1.07. The number of aryl methyl sites for hydroxylation is 1. The van der Waals surface area contributed by atoms with Gasteiger partial charge in [0.1, 0.15) is 5.01 Å². The van der Waals surface area contributed by atoms with Crippen molar-refractivity contribution >= 4 is 11.3 Å². The molecule has 0 fully saturated rings. The lowest BCUT2D eigenvalue weighted by Gasteiger charge is -2.00. The predicted octanol–water partition coefficient (Wildman–Crippen LogP) is 4.50. The maximum Gasteiger partial charge on any atom is 0.124 e. The van der Waals surface area contributed by atoms with E-state index in [2.05, 4.69) is 49.4 Å². The van der Waals surface area contributed by atoms with Gasteiger partial charge in [-0.25, -0.2) is 4.98 Å². The van der Waals surface area contributed by atoms with Crippen molar-refractivity contribution in [2.45, 2.75) is 19.9 Å². The van der Waals surface area contributed by atoms with Crippen LogP contribution in [0.4, 0.5) is 0 Å². The van der Waals surface area contributed by atoms with Crippen LogP contribution in [0, 0.1) is 0 Å². The van der Waals surface area contributed by atoms with E-state index in [0.717, 1.165) is 28.2 Å². The van der Waals surface area contributed by atoms with E-state index in [4.69, 9.17) is 10.7 Å². The van der Waals surface area contributed by atoms with Crippen molar-refractivity contribution in [3.8, 4) is 21.8 Å². The molecule has 0 spiro atoms. The van der Waals surface area contributed by atoms with E-state index in [0.29, 0.717) is 6.54 Å². The van der Waals surface area contributed by atoms with Crippen molar-refractivity contribution in [1.82, 2.24) is 4.98 Å². The minimum atomic E-state index is 0.561. The molecule has 1 heterocycles. The van der Waals surface area contributed by atoms with Crippen molar-refractivity contribution in [1.29, 1.82) is 0 Å². The zero-order chi connectivity index (χ0) is 14.7. The molecular formula is C18H18N2S. The first-order chi connectivity index (χ1) is 10.3. The molecule has 0 bridgehead atoms. The molecule has 0 saturated carbocycles. The third-order valence-electron chi connectivity index (χ3n) is 3.48. The Morgan fingerprint density at radius 3 is 2.48 bits per heavy atom. The molecule has 3 heteroatoms. The summed E-state index contributed by atoms with van der Waals surface area (Å²) in [4.78, 5) is 6.20. The molecule has 0 amide bonds. The molecule has 0 aliphatic rings. The predicted molar refractivity (Wildman–Crippen MR) is 90.3 cm³/mol. The average molecular weight is 294 g/mol. The van der Waals surface area contributed by atoms with Crippen LogP contribution in [0.25, 0.3) is 21.8 Å². The first kappa shape index (κ1) is 14.0. The van der Waals surface area contributed by atoms with E-state index < -0.39 is 0 Å². The SMILES string of the molecule is CCc1sc(-c2cccc(CN)c2)nc1-c1ccccc1.